The number of para-hydroxylation sites is 3. The summed E-state index contributed by atoms with van der Waals surface area (Å²) in [7, 11) is 0. The second-order valence-corrected chi connectivity index (χ2v) is 4.21. The van der Waals surface area contributed by atoms with Crippen molar-refractivity contribution in [2.75, 3.05) is 11.9 Å². The first-order valence-electron chi connectivity index (χ1n) is 6.47. The molecule has 20 heavy (non-hydrogen) atoms. The molecule has 0 atom stereocenters. The molecule has 0 aliphatic carbocycles. The van der Waals surface area contributed by atoms with Crippen LogP contribution in [0.1, 0.15) is 12.5 Å². The fourth-order valence-electron chi connectivity index (χ4n) is 1.73. The van der Waals surface area contributed by atoms with Gasteiger partial charge in [0.1, 0.15) is 5.75 Å². The summed E-state index contributed by atoms with van der Waals surface area (Å²) in [6, 6.07) is 15.0. The Balaban J connectivity index is 2.20. The minimum atomic E-state index is -0.492. The van der Waals surface area contributed by atoms with Crippen molar-refractivity contribution in [3.05, 3.63) is 54.1 Å². The predicted molar refractivity (Wildman–Crippen MR) is 78.3 cm³/mol. The molecule has 1 N–H and O–H groups in total. The first-order valence-corrected chi connectivity index (χ1v) is 6.47. The Labute approximate surface area is 118 Å². The molecule has 104 valence electrons. The van der Waals surface area contributed by atoms with E-state index in [0.29, 0.717) is 18.0 Å². The molecule has 2 rings (SSSR count). The average molecular weight is 271 g/mol. The van der Waals surface area contributed by atoms with Gasteiger partial charge < -0.3 is 9.47 Å². The van der Waals surface area contributed by atoms with E-state index in [1.807, 2.05) is 43.3 Å². The van der Waals surface area contributed by atoms with E-state index in [1.165, 1.54) is 0 Å². The van der Waals surface area contributed by atoms with Crippen molar-refractivity contribution in [2.24, 2.45) is 0 Å². The number of anilines is 1. The third kappa shape index (κ3) is 3.51. The van der Waals surface area contributed by atoms with Crippen molar-refractivity contribution in [1.29, 1.82) is 0 Å². The minimum absolute atomic E-state index is 0.326. The lowest BCUT2D eigenvalue weighted by Crippen LogP contribution is -2.13. The van der Waals surface area contributed by atoms with Crippen LogP contribution in [0.5, 0.6) is 11.5 Å². The molecule has 0 saturated heterocycles. The summed E-state index contributed by atoms with van der Waals surface area (Å²) in [5.74, 6) is 1.33. The Hall–Kier alpha value is -2.49. The SMILES string of the molecule is CCOC(=O)Nc1ccccc1Oc1ccccc1C. The van der Waals surface area contributed by atoms with Crippen LogP contribution in [0.15, 0.2) is 48.5 Å². The van der Waals surface area contributed by atoms with Crippen LogP contribution in [0.4, 0.5) is 10.5 Å². The molecule has 2 aromatic carbocycles. The van der Waals surface area contributed by atoms with Gasteiger partial charge in [-0.05, 0) is 37.6 Å². The van der Waals surface area contributed by atoms with E-state index in [4.69, 9.17) is 9.47 Å². The van der Waals surface area contributed by atoms with Crippen molar-refractivity contribution in [3.8, 4) is 11.5 Å². The molecule has 0 heterocycles. The molecule has 0 aliphatic heterocycles. The largest absolute Gasteiger partial charge is 0.455 e. The molecule has 0 radical (unpaired) electrons. The molecule has 1 amide bonds. The first-order chi connectivity index (χ1) is 9.70. The van der Waals surface area contributed by atoms with Gasteiger partial charge in [0.15, 0.2) is 5.75 Å². The number of amides is 1. The second kappa shape index (κ2) is 6.61. The number of hydrogen-bond acceptors (Lipinski definition) is 3. The normalized spacial score (nSPS) is 9.90. The van der Waals surface area contributed by atoms with E-state index in [2.05, 4.69) is 5.32 Å². The monoisotopic (exact) mass is 271 g/mol. The zero-order valence-electron chi connectivity index (χ0n) is 11.6. The number of nitrogens with one attached hydrogen (secondary N) is 1. The van der Waals surface area contributed by atoms with Crippen LogP contribution < -0.4 is 10.1 Å². The van der Waals surface area contributed by atoms with Gasteiger partial charge in [-0.1, -0.05) is 30.3 Å². The number of benzene rings is 2. The molecule has 2 aromatic rings. The van der Waals surface area contributed by atoms with Gasteiger partial charge in [0.25, 0.3) is 0 Å². The summed E-state index contributed by atoms with van der Waals surface area (Å²) in [6.45, 7) is 4.05. The van der Waals surface area contributed by atoms with Gasteiger partial charge >= 0.3 is 6.09 Å². The van der Waals surface area contributed by atoms with Crippen LogP contribution in [0.3, 0.4) is 0 Å². The lowest BCUT2D eigenvalue weighted by Gasteiger charge is -2.13. The second-order valence-electron chi connectivity index (χ2n) is 4.21. The van der Waals surface area contributed by atoms with E-state index < -0.39 is 6.09 Å². The summed E-state index contributed by atoms with van der Waals surface area (Å²) < 4.78 is 10.7. The zero-order chi connectivity index (χ0) is 14.4. The van der Waals surface area contributed by atoms with E-state index in [-0.39, 0.29) is 0 Å². The van der Waals surface area contributed by atoms with Gasteiger partial charge in [-0.25, -0.2) is 4.79 Å². The quantitative estimate of drug-likeness (QED) is 0.899. The highest BCUT2D eigenvalue weighted by Crippen LogP contribution is 2.30. The van der Waals surface area contributed by atoms with Crippen LogP contribution in [0, 0.1) is 6.92 Å². The zero-order valence-corrected chi connectivity index (χ0v) is 11.6. The molecule has 0 unspecified atom stereocenters. The highest BCUT2D eigenvalue weighted by Gasteiger charge is 2.09. The van der Waals surface area contributed by atoms with Gasteiger partial charge in [-0.2, -0.15) is 0 Å². The van der Waals surface area contributed by atoms with E-state index in [1.54, 1.807) is 19.1 Å². The standard InChI is InChI=1S/C16H17NO3/c1-3-19-16(18)17-13-9-5-7-11-15(13)20-14-10-6-4-8-12(14)2/h4-11H,3H2,1-2H3,(H,17,18). The summed E-state index contributed by atoms with van der Waals surface area (Å²) in [5.41, 5.74) is 1.60. The van der Waals surface area contributed by atoms with Crippen molar-refractivity contribution >= 4 is 11.8 Å². The van der Waals surface area contributed by atoms with Crippen LogP contribution in [0.25, 0.3) is 0 Å². The van der Waals surface area contributed by atoms with Crippen molar-refractivity contribution < 1.29 is 14.3 Å². The van der Waals surface area contributed by atoms with E-state index in [9.17, 15) is 4.79 Å². The van der Waals surface area contributed by atoms with E-state index >= 15 is 0 Å². The Morgan fingerprint density at radius 3 is 2.40 bits per heavy atom. The van der Waals surface area contributed by atoms with Crippen LogP contribution in [-0.4, -0.2) is 12.7 Å². The molecule has 0 aliphatic rings. The molecule has 0 bridgehead atoms. The third-order valence-electron chi connectivity index (χ3n) is 2.71. The number of hydrogen-bond donors (Lipinski definition) is 1. The fraction of sp³-hybridized carbons (Fsp3) is 0.188. The Bertz CT molecular complexity index is 596. The number of aryl methyl sites for hydroxylation is 1. The molecule has 0 spiro atoms. The van der Waals surface area contributed by atoms with Crippen LogP contribution in [0.2, 0.25) is 0 Å². The lowest BCUT2D eigenvalue weighted by atomic mass is 10.2. The summed E-state index contributed by atoms with van der Waals surface area (Å²) >= 11 is 0. The maximum Gasteiger partial charge on any atom is 0.411 e. The maximum atomic E-state index is 11.5. The molecule has 0 fully saturated rings. The topological polar surface area (TPSA) is 47.6 Å². The highest BCUT2D eigenvalue weighted by molar-refractivity contribution is 5.86. The smallest absolute Gasteiger partial charge is 0.411 e. The third-order valence-corrected chi connectivity index (χ3v) is 2.71. The first kappa shape index (κ1) is 13.9. The highest BCUT2D eigenvalue weighted by atomic mass is 16.5. The Morgan fingerprint density at radius 1 is 1.05 bits per heavy atom. The molecule has 0 aromatic heterocycles. The van der Waals surface area contributed by atoms with Gasteiger partial charge in [0.2, 0.25) is 0 Å². The molecule has 0 saturated carbocycles. The number of carbonyl (C=O) groups is 1. The molecule has 4 heteroatoms. The summed E-state index contributed by atoms with van der Waals surface area (Å²) in [5, 5.41) is 2.66. The summed E-state index contributed by atoms with van der Waals surface area (Å²) in [6.07, 6.45) is -0.492. The van der Waals surface area contributed by atoms with Crippen LogP contribution in [-0.2, 0) is 4.74 Å². The molecular formula is C16H17NO3. The Kier molecular flexibility index (Phi) is 4.60. The lowest BCUT2D eigenvalue weighted by molar-refractivity contribution is 0.168. The maximum absolute atomic E-state index is 11.5. The van der Waals surface area contributed by atoms with Gasteiger partial charge in [-0.15, -0.1) is 0 Å². The minimum Gasteiger partial charge on any atom is -0.455 e. The fourth-order valence-corrected chi connectivity index (χ4v) is 1.73. The average Bonchev–Trinajstić information content (AvgIpc) is 2.44. The van der Waals surface area contributed by atoms with Gasteiger partial charge in [0, 0.05) is 0 Å². The predicted octanol–water partition coefficient (Wildman–Crippen LogP) is 4.36. The van der Waals surface area contributed by atoms with Crippen molar-refractivity contribution in [3.63, 3.8) is 0 Å². The number of rotatable bonds is 4. The van der Waals surface area contributed by atoms with Gasteiger partial charge in [0.05, 0.1) is 12.3 Å². The number of ether oxygens (including phenoxy) is 2. The van der Waals surface area contributed by atoms with E-state index in [0.717, 1.165) is 11.3 Å². The molecular weight excluding hydrogens is 254 g/mol. The summed E-state index contributed by atoms with van der Waals surface area (Å²) in [4.78, 5) is 11.5. The Morgan fingerprint density at radius 2 is 1.70 bits per heavy atom. The van der Waals surface area contributed by atoms with Crippen molar-refractivity contribution in [2.45, 2.75) is 13.8 Å². The van der Waals surface area contributed by atoms with Crippen LogP contribution >= 0.6 is 0 Å². The molecule has 4 nitrogen and oxygen atoms in total. The van der Waals surface area contributed by atoms with Gasteiger partial charge in [-0.3, -0.25) is 5.32 Å². The number of carbonyl (C=O) groups excluding carboxylic acids is 1. The van der Waals surface area contributed by atoms with Crippen molar-refractivity contribution in [1.82, 2.24) is 0 Å².